The second kappa shape index (κ2) is 7.17. The minimum Gasteiger partial charge on any atom is -0.507 e. The average Bonchev–Trinajstić information content (AvgIpc) is 2.50. The van der Waals surface area contributed by atoms with Gasteiger partial charge in [-0.15, -0.1) is 0 Å². The third kappa shape index (κ3) is 3.93. The third-order valence-corrected chi connectivity index (χ3v) is 3.70. The number of rotatable bonds is 4. The van der Waals surface area contributed by atoms with Crippen LogP contribution in [0.1, 0.15) is 34.0 Å². The van der Waals surface area contributed by atoms with E-state index in [4.69, 9.17) is 4.74 Å². The Morgan fingerprint density at radius 3 is 2.25 bits per heavy atom. The molecule has 0 radical (unpaired) electrons. The Hall–Kier alpha value is -2.82. The predicted molar refractivity (Wildman–Crippen MR) is 92.3 cm³/mol. The fraction of sp³-hybridized carbons (Fsp3) is 0.263. The van der Waals surface area contributed by atoms with Gasteiger partial charge in [0.15, 0.2) is 6.10 Å². The van der Waals surface area contributed by atoms with Gasteiger partial charge in [0, 0.05) is 5.69 Å². The zero-order valence-electron chi connectivity index (χ0n) is 14.2. The van der Waals surface area contributed by atoms with Gasteiger partial charge >= 0.3 is 5.97 Å². The molecule has 2 aromatic carbocycles. The molecular weight excluding hydrogens is 306 g/mol. The van der Waals surface area contributed by atoms with E-state index in [1.54, 1.807) is 12.1 Å². The number of esters is 1. The van der Waals surface area contributed by atoms with Crippen LogP contribution >= 0.6 is 0 Å². The summed E-state index contributed by atoms with van der Waals surface area (Å²) in [5.41, 5.74) is 3.75. The highest BCUT2D eigenvalue weighted by molar-refractivity contribution is 5.99. The highest BCUT2D eigenvalue weighted by Crippen LogP contribution is 2.22. The fourth-order valence-electron chi connectivity index (χ4n) is 2.53. The Kier molecular flexibility index (Phi) is 5.24. The Bertz CT molecular complexity index is 760. The van der Waals surface area contributed by atoms with Gasteiger partial charge in [0.2, 0.25) is 0 Å². The van der Waals surface area contributed by atoms with E-state index in [2.05, 4.69) is 5.32 Å². The van der Waals surface area contributed by atoms with Crippen molar-refractivity contribution in [2.24, 2.45) is 0 Å². The molecule has 0 aliphatic rings. The van der Waals surface area contributed by atoms with E-state index >= 15 is 0 Å². The van der Waals surface area contributed by atoms with Gasteiger partial charge in [0.1, 0.15) is 11.3 Å². The van der Waals surface area contributed by atoms with E-state index in [0.29, 0.717) is 0 Å². The van der Waals surface area contributed by atoms with Crippen molar-refractivity contribution in [2.45, 2.75) is 33.8 Å². The smallest absolute Gasteiger partial charge is 0.342 e. The monoisotopic (exact) mass is 327 g/mol. The Morgan fingerprint density at radius 1 is 1.08 bits per heavy atom. The Labute approximate surface area is 141 Å². The molecule has 1 atom stereocenters. The number of hydrogen-bond donors (Lipinski definition) is 2. The number of benzene rings is 2. The summed E-state index contributed by atoms with van der Waals surface area (Å²) < 4.78 is 5.14. The summed E-state index contributed by atoms with van der Waals surface area (Å²) in [6.07, 6.45) is -0.989. The Morgan fingerprint density at radius 2 is 1.67 bits per heavy atom. The molecule has 0 spiro atoms. The maximum absolute atomic E-state index is 12.3. The predicted octanol–water partition coefficient (Wildman–Crippen LogP) is 3.50. The molecule has 5 nitrogen and oxygen atoms in total. The van der Waals surface area contributed by atoms with E-state index in [-0.39, 0.29) is 11.3 Å². The molecule has 0 heterocycles. The summed E-state index contributed by atoms with van der Waals surface area (Å²) in [6.45, 7) is 7.30. The van der Waals surface area contributed by atoms with Crippen LogP contribution in [0.5, 0.6) is 5.75 Å². The van der Waals surface area contributed by atoms with E-state index < -0.39 is 18.0 Å². The zero-order chi connectivity index (χ0) is 17.9. The SMILES string of the molecule is Cc1cc(C)c(NC(=O)C(C)OC(=O)c2ccccc2O)c(C)c1. The molecule has 0 aliphatic heterocycles. The first-order chi connectivity index (χ1) is 11.3. The van der Waals surface area contributed by atoms with Gasteiger partial charge in [-0.2, -0.15) is 0 Å². The van der Waals surface area contributed by atoms with Crippen LogP contribution in [0.4, 0.5) is 5.69 Å². The number of para-hydroxylation sites is 1. The molecule has 0 saturated carbocycles. The number of aromatic hydroxyl groups is 1. The molecule has 126 valence electrons. The molecule has 2 aromatic rings. The van der Waals surface area contributed by atoms with Crippen LogP contribution in [0.15, 0.2) is 36.4 Å². The van der Waals surface area contributed by atoms with Gasteiger partial charge in [0.05, 0.1) is 0 Å². The van der Waals surface area contributed by atoms with Crippen molar-refractivity contribution in [2.75, 3.05) is 5.32 Å². The topological polar surface area (TPSA) is 75.6 Å². The number of phenols is 1. The molecule has 0 fully saturated rings. The lowest BCUT2D eigenvalue weighted by Crippen LogP contribution is -2.30. The molecule has 2 rings (SSSR count). The lowest BCUT2D eigenvalue weighted by molar-refractivity contribution is -0.123. The van der Waals surface area contributed by atoms with E-state index in [0.717, 1.165) is 22.4 Å². The number of ether oxygens (including phenoxy) is 1. The second-order valence-electron chi connectivity index (χ2n) is 5.83. The first-order valence-electron chi connectivity index (χ1n) is 7.67. The molecule has 2 N–H and O–H groups in total. The van der Waals surface area contributed by atoms with Crippen LogP contribution in [-0.4, -0.2) is 23.1 Å². The number of amides is 1. The summed E-state index contributed by atoms with van der Waals surface area (Å²) in [7, 11) is 0. The molecule has 0 aromatic heterocycles. The van der Waals surface area contributed by atoms with Crippen molar-refractivity contribution in [1.82, 2.24) is 0 Å². The maximum atomic E-state index is 12.3. The van der Waals surface area contributed by atoms with Crippen LogP contribution in [0.25, 0.3) is 0 Å². The minimum absolute atomic E-state index is 0.0276. The number of phenolic OH excluding ortho intramolecular Hbond substituents is 1. The number of carbonyl (C=O) groups is 2. The lowest BCUT2D eigenvalue weighted by Gasteiger charge is -2.17. The minimum atomic E-state index is -0.989. The van der Waals surface area contributed by atoms with Gasteiger partial charge in [-0.25, -0.2) is 4.79 Å². The van der Waals surface area contributed by atoms with E-state index in [9.17, 15) is 14.7 Å². The highest BCUT2D eigenvalue weighted by Gasteiger charge is 2.21. The number of nitrogens with one attached hydrogen (secondary N) is 1. The van der Waals surface area contributed by atoms with E-state index in [1.807, 2.05) is 32.9 Å². The summed E-state index contributed by atoms with van der Waals surface area (Å²) in [4.78, 5) is 24.4. The summed E-state index contributed by atoms with van der Waals surface area (Å²) >= 11 is 0. The van der Waals surface area contributed by atoms with Crippen LogP contribution in [0.3, 0.4) is 0 Å². The van der Waals surface area contributed by atoms with Gasteiger partial charge in [-0.3, -0.25) is 4.79 Å². The highest BCUT2D eigenvalue weighted by atomic mass is 16.5. The third-order valence-electron chi connectivity index (χ3n) is 3.70. The second-order valence-corrected chi connectivity index (χ2v) is 5.83. The summed E-state index contributed by atoms with van der Waals surface area (Å²) in [5.74, 6) is -1.35. The molecule has 0 aliphatic carbocycles. The average molecular weight is 327 g/mol. The number of carbonyl (C=O) groups excluding carboxylic acids is 2. The van der Waals surface area contributed by atoms with Gasteiger partial charge in [-0.1, -0.05) is 29.8 Å². The van der Waals surface area contributed by atoms with Crippen LogP contribution < -0.4 is 5.32 Å². The van der Waals surface area contributed by atoms with Gasteiger partial charge in [0.25, 0.3) is 5.91 Å². The summed E-state index contributed by atoms with van der Waals surface area (Å²) in [5, 5.41) is 12.5. The number of anilines is 1. The maximum Gasteiger partial charge on any atom is 0.342 e. The standard InChI is InChI=1S/C19H21NO4/c1-11-9-12(2)17(13(3)10-11)20-18(22)14(4)24-19(23)15-7-5-6-8-16(15)21/h5-10,14,21H,1-4H3,(H,20,22). The first kappa shape index (κ1) is 17.5. The quantitative estimate of drug-likeness (QED) is 0.843. The lowest BCUT2D eigenvalue weighted by atomic mass is 10.0. The molecule has 1 unspecified atom stereocenters. The number of hydrogen-bond acceptors (Lipinski definition) is 4. The molecule has 0 bridgehead atoms. The van der Waals surface area contributed by atoms with Crippen molar-refractivity contribution in [3.63, 3.8) is 0 Å². The molecule has 24 heavy (non-hydrogen) atoms. The molecule has 1 amide bonds. The van der Waals surface area contributed by atoms with E-state index in [1.165, 1.54) is 19.1 Å². The number of aryl methyl sites for hydroxylation is 3. The summed E-state index contributed by atoms with van der Waals surface area (Å²) in [6, 6.07) is 9.99. The van der Waals surface area contributed by atoms with Crippen LogP contribution in [0, 0.1) is 20.8 Å². The van der Waals surface area contributed by atoms with Gasteiger partial charge in [-0.05, 0) is 51.0 Å². The zero-order valence-corrected chi connectivity index (χ0v) is 14.2. The Balaban J connectivity index is 2.08. The van der Waals surface area contributed by atoms with Crippen molar-refractivity contribution >= 4 is 17.6 Å². The largest absolute Gasteiger partial charge is 0.507 e. The van der Waals surface area contributed by atoms with Gasteiger partial charge < -0.3 is 15.2 Å². The van der Waals surface area contributed by atoms with Crippen molar-refractivity contribution < 1.29 is 19.4 Å². The molecule has 5 heteroatoms. The van der Waals surface area contributed by atoms with Crippen LogP contribution in [0.2, 0.25) is 0 Å². The van der Waals surface area contributed by atoms with Crippen LogP contribution in [-0.2, 0) is 9.53 Å². The van der Waals surface area contributed by atoms with Crippen molar-refractivity contribution in [1.29, 1.82) is 0 Å². The molecular formula is C19H21NO4. The first-order valence-corrected chi connectivity index (χ1v) is 7.67. The van der Waals surface area contributed by atoms with Crippen molar-refractivity contribution in [3.8, 4) is 5.75 Å². The normalized spacial score (nSPS) is 11.7. The fourth-order valence-corrected chi connectivity index (χ4v) is 2.53. The molecule has 0 saturated heterocycles. The van der Waals surface area contributed by atoms with Crippen molar-refractivity contribution in [3.05, 3.63) is 58.7 Å².